The summed E-state index contributed by atoms with van der Waals surface area (Å²) in [5.74, 6) is 0.348. The van der Waals surface area contributed by atoms with Gasteiger partial charge in [0.2, 0.25) is 0 Å². The number of carbonyl (C=O) groups is 1. The summed E-state index contributed by atoms with van der Waals surface area (Å²) in [6.45, 7) is 6.01. The molecule has 5 aromatic rings. The summed E-state index contributed by atoms with van der Waals surface area (Å²) in [7, 11) is 2.14. The van der Waals surface area contributed by atoms with Crippen molar-refractivity contribution in [2.24, 2.45) is 0 Å². The number of nitrogens with zero attached hydrogens (tertiary/aromatic N) is 7. The number of likely N-dealkylation sites (N-methyl/N-ethyl adjacent to an activating group) is 1. The highest BCUT2D eigenvalue weighted by Gasteiger charge is 2.19. The van der Waals surface area contributed by atoms with Crippen LogP contribution in [0.3, 0.4) is 0 Å². The molecular weight excluding hydrogens is 476 g/mol. The second-order valence-electron chi connectivity index (χ2n) is 9.51. The molecule has 190 valence electrons. The normalized spacial score (nSPS) is 14.1. The van der Waals surface area contributed by atoms with Gasteiger partial charge in [0.05, 0.1) is 16.7 Å². The lowest BCUT2D eigenvalue weighted by molar-refractivity contribution is 0.102. The summed E-state index contributed by atoms with van der Waals surface area (Å²) in [5.41, 5.74) is 6.21. The van der Waals surface area contributed by atoms with Gasteiger partial charge in [-0.2, -0.15) is 5.10 Å². The maximum Gasteiger partial charge on any atom is 0.276 e. The number of nitrogens with one attached hydrogen (secondary N) is 1. The minimum atomic E-state index is -0.286. The van der Waals surface area contributed by atoms with Gasteiger partial charge < -0.3 is 15.1 Å². The van der Waals surface area contributed by atoms with Gasteiger partial charge in [0, 0.05) is 61.2 Å². The van der Waals surface area contributed by atoms with Gasteiger partial charge in [-0.05, 0) is 68.6 Å². The minimum absolute atomic E-state index is 0.286. The van der Waals surface area contributed by atoms with Gasteiger partial charge >= 0.3 is 0 Å². The molecule has 4 heterocycles. The molecule has 1 N–H and O–H groups in total. The average Bonchev–Trinajstić information content (AvgIpc) is 3.40. The number of fused-ring (bicyclic) bond motifs is 1. The first-order valence-electron chi connectivity index (χ1n) is 12.6. The van der Waals surface area contributed by atoms with E-state index in [-0.39, 0.29) is 5.91 Å². The topological polar surface area (TPSA) is 92.1 Å². The first-order chi connectivity index (χ1) is 18.5. The number of aromatic nitrogens is 5. The number of benzene rings is 2. The first kappa shape index (κ1) is 23.7. The zero-order valence-corrected chi connectivity index (χ0v) is 21.4. The Kier molecular flexibility index (Phi) is 6.27. The van der Waals surface area contributed by atoms with E-state index in [1.54, 1.807) is 23.1 Å². The van der Waals surface area contributed by atoms with Gasteiger partial charge in [-0.15, -0.1) is 0 Å². The summed E-state index contributed by atoms with van der Waals surface area (Å²) in [5, 5.41) is 7.66. The highest BCUT2D eigenvalue weighted by Crippen LogP contribution is 2.27. The van der Waals surface area contributed by atoms with E-state index in [0.29, 0.717) is 11.5 Å². The molecule has 1 saturated heterocycles. The van der Waals surface area contributed by atoms with Crippen LogP contribution in [-0.2, 0) is 0 Å². The average molecular weight is 505 g/mol. The maximum atomic E-state index is 13.3. The monoisotopic (exact) mass is 504 g/mol. The quantitative estimate of drug-likeness (QED) is 0.384. The molecule has 38 heavy (non-hydrogen) atoms. The van der Waals surface area contributed by atoms with Crippen LogP contribution in [0.1, 0.15) is 16.2 Å². The molecule has 3 aromatic heterocycles. The molecular formula is C29H28N8O. The van der Waals surface area contributed by atoms with E-state index >= 15 is 0 Å². The lowest BCUT2D eigenvalue weighted by atomic mass is 10.1. The predicted octanol–water partition coefficient (Wildman–Crippen LogP) is 4.19. The van der Waals surface area contributed by atoms with Gasteiger partial charge in [-0.3, -0.25) is 14.8 Å². The van der Waals surface area contributed by atoms with Crippen LogP contribution < -0.4 is 10.2 Å². The third-order valence-corrected chi connectivity index (χ3v) is 6.79. The van der Waals surface area contributed by atoms with E-state index in [1.807, 2.05) is 55.5 Å². The Balaban J connectivity index is 1.30. The molecule has 0 bridgehead atoms. The van der Waals surface area contributed by atoms with Crippen LogP contribution in [0, 0.1) is 6.92 Å². The van der Waals surface area contributed by atoms with Crippen LogP contribution in [-0.4, -0.2) is 68.8 Å². The molecule has 0 spiro atoms. The summed E-state index contributed by atoms with van der Waals surface area (Å²) in [6.07, 6.45) is 3.34. The highest BCUT2D eigenvalue weighted by atomic mass is 16.2. The molecule has 1 aliphatic rings. The predicted molar refractivity (Wildman–Crippen MR) is 149 cm³/mol. The first-order valence-corrected chi connectivity index (χ1v) is 12.6. The number of carbonyl (C=O) groups excluding carboxylic acids is 1. The van der Waals surface area contributed by atoms with Crippen molar-refractivity contribution < 1.29 is 4.79 Å². The van der Waals surface area contributed by atoms with Crippen LogP contribution in [0.15, 0.2) is 79.1 Å². The number of aryl methyl sites for hydroxylation is 1. The molecule has 1 fully saturated rings. The summed E-state index contributed by atoms with van der Waals surface area (Å²) < 4.78 is 1.70. The van der Waals surface area contributed by atoms with Crippen molar-refractivity contribution in [2.45, 2.75) is 6.92 Å². The Hall–Kier alpha value is -4.63. The van der Waals surface area contributed by atoms with Crippen LogP contribution >= 0.6 is 0 Å². The lowest BCUT2D eigenvalue weighted by Crippen LogP contribution is -2.44. The van der Waals surface area contributed by atoms with Crippen LogP contribution in [0.5, 0.6) is 0 Å². The number of hydrogen-bond donors (Lipinski definition) is 1. The highest BCUT2D eigenvalue weighted by molar-refractivity contribution is 6.03. The fourth-order valence-corrected chi connectivity index (χ4v) is 4.66. The molecule has 2 aromatic carbocycles. The Morgan fingerprint density at radius 2 is 1.63 bits per heavy atom. The van der Waals surface area contributed by atoms with E-state index in [1.165, 1.54) is 0 Å². The molecule has 6 rings (SSSR count). The molecule has 1 amide bonds. The largest absolute Gasteiger partial charge is 0.369 e. The van der Waals surface area contributed by atoms with Crippen LogP contribution in [0.2, 0.25) is 0 Å². The molecule has 0 atom stereocenters. The summed E-state index contributed by atoms with van der Waals surface area (Å²) >= 11 is 0. The van der Waals surface area contributed by atoms with E-state index < -0.39 is 0 Å². The maximum absolute atomic E-state index is 13.3. The Labute approximate surface area is 220 Å². The second kappa shape index (κ2) is 10.0. The summed E-state index contributed by atoms with van der Waals surface area (Å²) in [4.78, 5) is 31.4. The fraction of sp³-hybridized carbons (Fsp3) is 0.207. The van der Waals surface area contributed by atoms with Crippen molar-refractivity contribution >= 4 is 28.3 Å². The van der Waals surface area contributed by atoms with Gasteiger partial charge in [-0.1, -0.05) is 12.1 Å². The summed E-state index contributed by atoms with van der Waals surface area (Å²) in [6, 6.07) is 21.3. The third-order valence-electron chi connectivity index (χ3n) is 6.79. The van der Waals surface area contributed by atoms with Gasteiger partial charge in [0.1, 0.15) is 0 Å². The minimum Gasteiger partial charge on any atom is -0.369 e. The van der Waals surface area contributed by atoms with Crippen molar-refractivity contribution in [3.05, 3.63) is 90.5 Å². The van der Waals surface area contributed by atoms with Crippen LogP contribution in [0.4, 0.5) is 11.4 Å². The molecule has 1 aliphatic heterocycles. The van der Waals surface area contributed by atoms with E-state index in [0.717, 1.165) is 65.5 Å². The van der Waals surface area contributed by atoms with E-state index in [4.69, 9.17) is 0 Å². The van der Waals surface area contributed by atoms with Crippen molar-refractivity contribution in [3.8, 4) is 17.1 Å². The van der Waals surface area contributed by atoms with Gasteiger partial charge in [-0.25, -0.2) is 9.67 Å². The Morgan fingerprint density at radius 1 is 0.868 bits per heavy atom. The zero-order chi connectivity index (χ0) is 26.1. The zero-order valence-electron chi connectivity index (χ0n) is 21.4. The molecule has 9 heteroatoms. The molecule has 0 unspecified atom stereocenters. The number of piperazine rings is 1. The number of pyridine rings is 1. The van der Waals surface area contributed by atoms with Crippen molar-refractivity contribution in [3.63, 3.8) is 0 Å². The molecule has 0 aliphatic carbocycles. The SMILES string of the molecule is Cc1cccc(-n2nc(C(=O)Nc3ccc(N4CCN(C)CC4)cc3)cc2-c2ccc3nccnc3c2)n1. The molecule has 0 saturated carbocycles. The number of amides is 1. The number of anilines is 2. The van der Waals surface area contributed by atoms with E-state index in [9.17, 15) is 4.79 Å². The third kappa shape index (κ3) is 4.83. The van der Waals surface area contributed by atoms with Gasteiger partial charge in [0.25, 0.3) is 5.91 Å². The Bertz CT molecular complexity index is 1600. The molecule has 9 nitrogen and oxygen atoms in total. The second-order valence-corrected chi connectivity index (χ2v) is 9.51. The number of rotatable bonds is 5. The van der Waals surface area contributed by atoms with Crippen molar-refractivity contribution in [2.75, 3.05) is 43.4 Å². The molecule has 0 radical (unpaired) electrons. The lowest BCUT2D eigenvalue weighted by Gasteiger charge is -2.34. The van der Waals surface area contributed by atoms with E-state index in [2.05, 4.69) is 54.3 Å². The van der Waals surface area contributed by atoms with Crippen molar-refractivity contribution in [1.29, 1.82) is 0 Å². The van der Waals surface area contributed by atoms with Crippen LogP contribution in [0.25, 0.3) is 28.1 Å². The standard InChI is InChI=1S/C29H28N8O/c1-20-4-3-5-28(32-20)37-27(21-6-11-24-25(18-21)31-13-12-30-24)19-26(34-37)29(38)33-22-7-9-23(10-8-22)36-16-14-35(2)15-17-36/h3-13,18-19H,14-17H2,1-2H3,(H,33,38). The van der Waals surface area contributed by atoms with Gasteiger partial charge in [0.15, 0.2) is 11.5 Å². The Morgan fingerprint density at radius 3 is 2.39 bits per heavy atom. The number of hydrogen-bond acceptors (Lipinski definition) is 7. The van der Waals surface area contributed by atoms with Crippen molar-refractivity contribution in [1.82, 2.24) is 29.6 Å². The fourth-order valence-electron chi connectivity index (χ4n) is 4.66. The smallest absolute Gasteiger partial charge is 0.276 e.